The highest BCUT2D eigenvalue weighted by Gasteiger charge is 2.22. The van der Waals surface area contributed by atoms with Crippen LogP contribution in [0.5, 0.6) is 0 Å². The molecule has 0 amide bonds. The van der Waals surface area contributed by atoms with E-state index < -0.39 is 4.92 Å². The molecule has 2 heterocycles. The number of hydrogen-bond donors (Lipinski definition) is 0. The summed E-state index contributed by atoms with van der Waals surface area (Å²) < 4.78 is 5.31. The number of aromatic nitrogens is 1. The fraction of sp³-hybridized carbons (Fsp3) is 0.500. The molecular weight excluding hydrogens is 246 g/mol. The Morgan fingerprint density at radius 2 is 2.41 bits per heavy atom. The molecule has 0 bridgehead atoms. The van der Waals surface area contributed by atoms with E-state index in [0.717, 1.165) is 0 Å². The van der Waals surface area contributed by atoms with Crippen molar-refractivity contribution >= 4 is 23.1 Å². The van der Waals surface area contributed by atoms with Crippen LogP contribution < -0.4 is 4.90 Å². The summed E-state index contributed by atoms with van der Waals surface area (Å²) in [5, 5.41) is 10.9. The average molecular weight is 258 g/mol. The van der Waals surface area contributed by atoms with Gasteiger partial charge in [0.25, 0.3) is 5.69 Å². The lowest BCUT2D eigenvalue weighted by atomic mass is 10.2. The van der Waals surface area contributed by atoms with Crippen molar-refractivity contribution < 1.29 is 9.66 Å². The van der Waals surface area contributed by atoms with Crippen LogP contribution in [0.2, 0.25) is 5.15 Å². The molecule has 1 aromatic rings. The number of pyridine rings is 1. The third kappa shape index (κ3) is 2.65. The molecule has 0 radical (unpaired) electrons. The summed E-state index contributed by atoms with van der Waals surface area (Å²) in [5.41, 5.74) is -0.0429. The Morgan fingerprint density at radius 1 is 1.65 bits per heavy atom. The second-order valence-corrected chi connectivity index (χ2v) is 4.27. The highest BCUT2D eigenvalue weighted by atomic mass is 35.5. The normalized spacial score (nSPS) is 20.4. The van der Waals surface area contributed by atoms with Crippen LogP contribution in [0.4, 0.5) is 11.5 Å². The molecule has 2 rings (SSSR count). The van der Waals surface area contributed by atoms with Gasteiger partial charge in [0.15, 0.2) is 0 Å². The van der Waals surface area contributed by atoms with Crippen molar-refractivity contribution in [1.82, 2.24) is 4.98 Å². The van der Waals surface area contributed by atoms with E-state index in [2.05, 4.69) is 4.98 Å². The Bertz CT molecular complexity index is 441. The fourth-order valence-corrected chi connectivity index (χ4v) is 1.99. The largest absolute Gasteiger partial charge is 0.377 e. The highest BCUT2D eigenvalue weighted by molar-refractivity contribution is 6.29. The lowest BCUT2D eigenvalue weighted by Crippen LogP contribution is -2.44. The van der Waals surface area contributed by atoms with Gasteiger partial charge in [-0.1, -0.05) is 11.6 Å². The van der Waals surface area contributed by atoms with Gasteiger partial charge in [-0.25, -0.2) is 4.98 Å². The Morgan fingerprint density at radius 3 is 3.06 bits per heavy atom. The van der Waals surface area contributed by atoms with E-state index in [0.29, 0.717) is 25.6 Å². The van der Waals surface area contributed by atoms with E-state index in [-0.39, 0.29) is 16.9 Å². The minimum Gasteiger partial charge on any atom is -0.377 e. The van der Waals surface area contributed by atoms with Crippen LogP contribution in [0.25, 0.3) is 0 Å². The number of anilines is 1. The van der Waals surface area contributed by atoms with Gasteiger partial charge >= 0.3 is 0 Å². The molecule has 1 aromatic heterocycles. The Hall–Kier alpha value is -1.40. The van der Waals surface area contributed by atoms with Crippen molar-refractivity contribution in [3.05, 3.63) is 27.4 Å². The van der Waals surface area contributed by atoms with Gasteiger partial charge in [0, 0.05) is 6.54 Å². The number of hydrogen-bond acceptors (Lipinski definition) is 5. The molecule has 1 fully saturated rings. The monoisotopic (exact) mass is 257 g/mol. The van der Waals surface area contributed by atoms with Crippen molar-refractivity contribution in [2.75, 3.05) is 24.7 Å². The predicted octanol–water partition coefficient (Wildman–Crippen LogP) is 1.87. The van der Waals surface area contributed by atoms with Crippen molar-refractivity contribution in [1.29, 1.82) is 0 Å². The van der Waals surface area contributed by atoms with Crippen molar-refractivity contribution in [2.45, 2.75) is 13.0 Å². The summed E-state index contributed by atoms with van der Waals surface area (Å²) in [6.45, 7) is 3.81. The maximum absolute atomic E-state index is 10.7. The topological polar surface area (TPSA) is 68.5 Å². The SMILES string of the molecule is CC1COCCN1c1cc([N+](=O)[O-])cc(Cl)n1. The number of rotatable bonds is 2. The zero-order valence-corrected chi connectivity index (χ0v) is 10.1. The molecule has 1 aliphatic heterocycles. The molecule has 0 aromatic carbocycles. The summed E-state index contributed by atoms with van der Waals surface area (Å²) in [4.78, 5) is 16.4. The van der Waals surface area contributed by atoms with Gasteiger partial charge in [0.2, 0.25) is 0 Å². The van der Waals surface area contributed by atoms with E-state index in [4.69, 9.17) is 16.3 Å². The maximum atomic E-state index is 10.7. The van der Waals surface area contributed by atoms with Gasteiger partial charge in [0.1, 0.15) is 11.0 Å². The van der Waals surface area contributed by atoms with Crippen LogP contribution in [0, 0.1) is 10.1 Å². The number of nitro groups is 1. The van der Waals surface area contributed by atoms with Crippen LogP contribution in [-0.4, -0.2) is 35.7 Å². The van der Waals surface area contributed by atoms with Crippen molar-refractivity contribution in [2.24, 2.45) is 0 Å². The quantitative estimate of drug-likeness (QED) is 0.460. The number of halogens is 1. The van der Waals surface area contributed by atoms with Gasteiger partial charge < -0.3 is 9.64 Å². The van der Waals surface area contributed by atoms with E-state index in [1.165, 1.54) is 12.1 Å². The Labute approximate surface area is 103 Å². The molecule has 1 atom stereocenters. The zero-order valence-electron chi connectivity index (χ0n) is 9.30. The minimum absolute atomic E-state index is 0.0429. The third-order valence-electron chi connectivity index (χ3n) is 2.64. The minimum atomic E-state index is -0.470. The van der Waals surface area contributed by atoms with Crippen LogP contribution >= 0.6 is 11.6 Å². The lowest BCUT2D eigenvalue weighted by Gasteiger charge is -2.34. The van der Waals surface area contributed by atoms with Crippen LogP contribution in [0.15, 0.2) is 12.1 Å². The molecule has 0 N–H and O–H groups in total. The molecular formula is C10H12ClN3O3. The predicted molar refractivity (Wildman–Crippen MR) is 63.5 cm³/mol. The highest BCUT2D eigenvalue weighted by Crippen LogP contribution is 2.25. The van der Waals surface area contributed by atoms with E-state index >= 15 is 0 Å². The van der Waals surface area contributed by atoms with Crippen LogP contribution in [0.3, 0.4) is 0 Å². The van der Waals surface area contributed by atoms with Gasteiger partial charge in [-0.2, -0.15) is 0 Å². The van der Waals surface area contributed by atoms with E-state index in [9.17, 15) is 10.1 Å². The summed E-state index contributed by atoms with van der Waals surface area (Å²) in [5.74, 6) is 0.528. The van der Waals surface area contributed by atoms with Gasteiger partial charge in [0.05, 0.1) is 36.3 Å². The van der Waals surface area contributed by atoms with E-state index in [1.54, 1.807) is 0 Å². The first-order valence-corrected chi connectivity index (χ1v) is 5.62. The summed E-state index contributed by atoms with van der Waals surface area (Å²) in [7, 11) is 0. The molecule has 0 saturated carbocycles. The van der Waals surface area contributed by atoms with E-state index in [1.807, 2.05) is 11.8 Å². The molecule has 1 saturated heterocycles. The second-order valence-electron chi connectivity index (χ2n) is 3.88. The number of nitrogens with zero attached hydrogens (tertiary/aromatic N) is 3. The molecule has 0 spiro atoms. The van der Waals surface area contributed by atoms with Crippen LogP contribution in [0.1, 0.15) is 6.92 Å². The maximum Gasteiger partial charge on any atom is 0.276 e. The summed E-state index contributed by atoms with van der Waals surface area (Å²) in [6.07, 6.45) is 0. The smallest absolute Gasteiger partial charge is 0.276 e. The first-order valence-electron chi connectivity index (χ1n) is 5.24. The van der Waals surface area contributed by atoms with Crippen LogP contribution in [-0.2, 0) is 4.74 Å². The zero-order chi connectivity index (χ0) is 12.4. The van der Waals surface area contributed by atoms with Crippen molar-refractivity contribution in [3.8, 4) is 0 Å². The van der Waals surface area contributed by atoms with Crippen molar-refractivity contribution in [3.63, 3.8) is 0 Å². The molecule has 92 valence electrons. The average Bonchev–Trinajstić information content (AvgIpc) is 2.28. The molecule has 0 aliphatic carbocycles. The van der Waals surface area contributed by atoms with Gasteiger partial charge in [-0.05, 0) is 6.92 Å². The summed E-state index contributed by atoms with van der Waals surface area (Å²) in [6, 6.07) is 2.82. The number of morpholine rings is 1. The summed E-state index contributed by atoms with van der Waals surface area (Å²) >= 11 is 5.79. The third-order valence-corrected chi connectivity index (χ3v) is 2.83. The molecule has 17 heavy (non-hydrogen) atoms. The lowest BCUT2D eigenvalue weighted by molar-refractivity contribution is -0.384. The Balaban J connectivity index is 2.33. The Kier molecular flexibility index (Phi) is 3.44. The molecule has 1 aliphatic rings. The standard InChI is InChI=1S/C10H12ClN3O3/c1-7-6-17-3-2-13(7)10-5-8(14(15)16)4-9(11)12-10/h4-5,7H,2-3,6H2,1H3. The first-order chi connectivity index (χ1) is 8.08. The van der Waals surface area contributed by atoms with Gasteiger partial charge in [-0.15, -0.1) is 0 Å². The molecule has 6 nitrogen and oxygen atoms in total. The molecule has 7 heteroatoms. The number of ether oxygens (including phenoxy) is 1. The van der Waals surface area contributed by atoms with Gasteiger partial charge in [-0.3, -0.25) is 10.1 Å². The first kappa shape index (κ1) is 12.1. The molecule has 1 unspecified atom stereocenters. The second kappa shape index (κ2) is 4.85. The fourth-order valence-electron chi connectivity index (χ4n) is 1.79.